The van der Waals surface area contributed by atoms with Crippen LogP contribution in [0.2, 0.25) is 0 Å². The van der Waals surface area contributed by atoms with E-state index in [4.69, 9.17) is 0 Å². The predicted molar refractivity (Wildman–Crippen MR) is 122 cm³/mol. The third-order valence-corrected chi connectivity index (χ3v) is 9.00. The first-order valence-corrected chi connectivity index (χ1v) is 13.1. The smallest absolute Gasteiger partial charge is 0.0126 e. The molecule has 1 aromatic carbocycles. The average molecular weight is 375 g/mol. The van der Waals surface area contributed by atoms with E-state index in [-0.39, 0.29) is 7.92 Å². The predicted octanol–water partition coefficient (Wildman–Crippen LogP) is 8.19. The van der Waals surface area contributed by atoms with Crippen LogP contribution in [0, 0.1) is 20.8 Å². The molecule has 0 N–H and O–H groups in total. The molecule has 1 aromatic rings. The molecule has 2 rings (SSSR count). The molecule has 0 aliphatic carbocycles. The van der Waals surface area contributed by atoms with Gasteiger partial charge in [-0.15, -0.1) is 0 Å². The van der Waals surface area contributed by atoms with E-state index < -0.39 is 0 Å². The lowest BCUT2D eigenvalue weighted by atomic mass is 10.0. The summed E-state index contributed by atoms with van der Waals surface area (Å²) in [5.41, 5.74) is 5.60. The lowest BCUT2D eigenvalue weighted by molar-refractivity contribution is 0.541. The van der Waals surface area contributed by atoms with Gasteiger partial charge in [0.2, 0.25) is 0 Å². The highest BCUT2D eigenvalue weighted by atomic mass is 31.1. The van der Waals surface area contributed by atoms with Crippen molar-refractivity contribution >= 4 is 13.2 Å². The minimum absolute atomic E-state index is 0.198. The first-order valence-electron chi connectivity index (χ1n) is 11.5. The molecule has 148 valence electrons. The van der Waals surface area contributed by atoms with Gasteiger partial charge in [-0.25, -0.2) is 0 Å². The SMILES string of the molecule is CCCCCCCCCCCCCC[C@@H]1CP1c1c(C)cc(C)cc1C. The summed E-state index contributed by atoms with van der Waals surface area (Å²) in [6, 6.07) is 4.79. The lowest BCUT2D eigenvalue weighted by Crippen LogP contribution is -2.07. The Morgan fingerprint density at radius 3 is 1.69 bits per heavy atom. The second-order valence-corrected chi connectivity index (χ2v) is 11.2. The van der Waals surface area contributed by atoms with Crippen molar-refractivity contribution in [1.29, 1.82) is 0 Å². The van der Waals surface area contributed by atoms with Crippen molar-refractivity contribution < 1.29 is 0 Å². The molecule has 1 heteroatoms. The fourth-order valence-corrected chi connectivity index (χ4v) is 7.41. The van der Waals surface area contributed by atoms with E-state index >= 15 is 0 Å². The first kappa shape index (κ1) is 21.9. The molecule has 1 heterocycles. The molecule has 1 unspecified atom stereocenters. The summed E-state index contributed by atoms with van der Waals surface area (Å²) in [4.78, 5) is 0. The maximum Gasteiger partial charge on any atom is -0.0126 e. The molecule has 1 fully saturated rings. The van der Waals surface area contributed by atoms with Crippen molar-refractivity contribution in [1.82, 2.24) is 0 Å². The highest BCUT2D eigenvalue weighted by Gasteiger charge is 2.38. The van der Waals surface area contributed by atoms with E-state index in [0.29, 0.717) is 0 Å². The lowest BCUT2D eigenvalue weighted by Gasteiger charge is -2.11. The zero-order chi connectivity index (χ0) is 18.8. The Labute approximate surface area is 165 Å². The summed E-state index contributed by atoms with van der Waals surface area (Å²) in [7, 11) is 0.198. The van der Waals surface area contributed by atoms with Crippen LogP contribution in [0.4, 0.5) is 0 Å². The van der Waals surface area contributed by atoms with Crippen LogP contribution in [0.5, 0.6) is 0 Å². The molecule has 0 nitrogen and oxygen atoms in total. The van der Waals surface area contributed by atoms with Crippen molar-refractivity contribution in [3.05, 3.63) is 28.8 Å². The molecule has 26 heavy (non-hydrogen) atoms. The van der Waals surface area contributed by atoms with Crippen LogP contribution in [0.15, 0.2) is 12.1 Å². The molecule has 0 radical (unpaired) electrons. The summed E-state index contributed by atoms with van der Waals surface area (Å²) in [6.07, 6.45) is 20.6. The van der Waals surface area contributed by atoms with E-state index in [9.17, 15) is 0 Å². The van der Waals surface area contributed by atoms with Crippen LogP contribution in [0.1, 0.15) is 107 Å². The van der Waals surface area contributed by atoms with E-state index in [1.54, 1.807) is 16.4 Å². The molecule has 0 spiro atoms. The van der Waals surface area contributed by atoms with Crippen LogP contribution in [0.25, 0.3) is 0 Å². The number of rotatable bonds is 14. The Bertz CT molecular complexity index is 496. The monoisotopic (exact) mass is 374 g/mol. The van der Waals surface area contributed by atoms with Crippen molar-refractivity contribution in [3.63, 3.8) is 0 Å². The van der Waals surface area contributed by atoms with Gasteiger partial charge in [0.05, 0.1) is 0 Å². The molecular formula is C25H43P. The topological polar surface area (TPSA) is 0 Å². The number of aryl methyl sites for hydroxylation is 3. The second kappa shape index (κ2) is 12.2. The van der Waals surface area contributed by atoms with Gasteiger partial charge in [-0.3, -0.25) is 0 Å². The van der Waals surface area contributed by atoms with Gasteiger partial charge in [0.15, 0.2) is 0 Å². The summed E-state index contributed by atoms with van der Waals surface area (Å²) in [5.74, 6) is 0. The fraction of sp³-hybridized carbons (Fsp3) is 0.760. The van der Waals surface area contributed by atoms with E-state index in [1.165, 1.54) is 95.2 Å². The fourth-order valence-electron chi connectivity index (χ4n) is 4.55. The van der Waals surface area contributed by atoms with E-state index in [1.807, 2.05) is 0 Å². The van der Waals surface area contributed by atoms with Gasteiger partial charge in [-0.2, -0.15) is 0 Å². The summed E-state index contributed by atoms with van der Waals surface area (Å²) < 4.78 is 0. The summed E-state index contributed by atoms with van der Waals surface area (Å²) >= 11 is 0. The van der Waals surface area contributed by atoms with Gasteiger partial charge in [0.1, 0.15) is 0 Å². The van der Waals surface area contributed by atoms with Crippen molar-refractivity contribution in [2.75, 3.05) is 6.16 Å². The van der Waals surface area contributed by atoms with Crippen molar-refractivity contribution in [2.45, 2.75) is 117 Å². The van der Waals surface area contributed by atoms with Crippen molar-refractivity contribution in [3.8, 4) is 0 Å². The molecule has 1 aliphatic rings. The highest BCUT2D eigenvalue weighted by Crippen LogP contribution is 2.60. The highest BCUT2D eigenvalue weighted by molar-refractivity contribution is 7.73. The zero-order valence-corrected chi connectivity index (χ0v) is 19.0. The van der Waals surface area contributed by atoms with Crippen LogP contribution < -0.4 is 5.30 Å². The molecular weight excluding hydrogens is 331 g/mol. The van der Waals surface area contributed by atoms with Crippen LogP contribution in [-0.2, 0) is 0 Å². The van der Waals surface area contributed by atoms with Crippen molar-refractivity contribution in [2.24, 2.45) is 0 Å². The minimum atomic E-state index is 0.198. The molecule has 0 bridgehead atoms. The molecule has 0 saturated carbocycles. The zero-order valence-electron chi connectivity index (χ0n) is 18.1. The number of hydrogen-bond donors (Lipinski definition) is 0. The maximum absolute atomic E-state index is 2.39. The molecule has 0 amide bonds. The summed E-state index contributed by atoms with van der Waals surface area (Å²) in [6.45, 7) is 9.19. The normalized spacial score (nSPS) is 19.1. The third kappa shape index (κ3) is 7.72. The standard InChI is InChI=1S/C25H43P/c1-5-6-7-8-9-10-11-12-13-14-15-16-17-24-20-26(24)25-22(3)18-21(2)19-23(25)4/h18-19,24H,5-17,20H2,1-4H3/t24-,26?/m1/s1. The van der Waals surface area contributed by atoms with Gasteiger partial charge in [0, 0.05) is 0 Å². The van der Waals surface area contributed by atoms with Gasteiger partial charge in [-0.05, 0) is 55.4 Å². The van der Waals surface area contributed by atoms with Crippen LogP contribution in [0.3, 0.4) is 0 Å². The van der Waals surface area contributed by atoms with E-state index in [0.717, 1.165) is 5.66 Å². The Morgan fingerprint density at radius 1 is 0.731 bits per heavy atom. The molecule has 0 aromatic heterocycles. The molecule has 1 aliphatic heterocycles. The Hall–Kier alpha value is -0.350. The molecule has 1 saturated heterocycles. The maximum atomic E-state index is 2.39. The molecule has 2 atom stereocenters. The largest absolute Gasteiger partial charge is 0.0706 e. The van der Waals surface area contributed by atoms with Gasteiger partial charge in [0.25, 0.3) is 0 Å². The van der Waals surface area contributed by atoms with Gasteiger partial charge in [-0.1, -0.05) is 110 Å². The van der Waals surface area contributed by atoms with Gasteiger partial charge >= 0.3 is 0 Å². The average Bonchev–Trinajstić information content (AvgIpc) is 3.34. The second-order valence-electron chi connectivity index (χ2n) is 8.73. The number of benzene rings is 1. The number of unbranched alkanes of at least 4 members (excludes halogenated alkanes) is 11. The van der Waals surface area contributed by atoms with Crippen LogP contribution in [-0.4, -0.2) is 11.8 Å². The Kier molecular flexibility index (Phi) is 10.3. The first-order chi connectivity index (χ1) is 12.6. The Morgan fingerprint density at radius 2 is 1.19 bits per heavy atom. The quantitative estimate of drug-likeness (QED) is 0.227. The van der Waals surface area contributed by atoms with Gasteiger partial charge < -0.3 is 0 Å². The minimum Gasteiger partial charge on any atom is -0.0706 e. The third-order valence-electron chi connectivity index (χ3n) is 6.03. The Balaban J connectivity index is 1.46. The number of hydrogen-bond acceptors (Lipinski definition) is 0. The van der Waals surface area contributed by atoms with Crippen LogP contribution >= 0.6 is 7.92 Å². The van der Waals surface area contributed by atoms with E-state index in [2.05, 4.69) is 39.8 Å². The summed E-state index contributed by atoms with van der Waals surface area (Å²) in [5, 5.41) is 1.74.